The van der Waals surface area contributed by atoms with E-state index in [1.807, 2.05) is 31.2 Å². The molecular weight excluding hydrogens is 250 g/mol. The Bertz CT molecular complexity index is 444. The zero-order chi connectivity index (χ0) is 14.6. The maximum Gasteiger partial charge on any atom is 0.319 e. The average Bonchev–Trinajstić information content (AvgIpc) is 2.38. The number of urea groups is 1. The monoisotopic (exact) mass is 275 g/mol. The first-order valence-electron chi connectivity index (χ1n) is 7.45. The predicted octanol–water partition coefficient (Wildman–Crippen LogP) is 3.41. The van der Waals surface area contributed by atoms with Crippen LogP contribution >= 0.6 is 0 Å². The van der Waals surface area contributed by atoms with Crippen molar-refractivity contribution < 1.29 is 4.79 Å². The van der Waals surface area contributed by atoms with Crippen LogP contribution in [-0.4, -0.2) is 12.6 Å². The van der Waals surface area contributed by atoms with E-state index in [2.05, 4.69) is 17.6 Å². The van der Waals surface area contributed by atoms with Crippen molar-refractivity contribution in [3.05, 3.63) is 29.8 Å². The van der Waals surface area contributed by atoms with Crippen molar-refractivity contribution in [1.82, 2.24) is 5.32 Å². The third-order valence-corrected chi connectivity index (χ3v) is 4.48. The van der Waals surface area contributed by atoms with Gasteiger partial charge in [-0.15, -0.1) is 0 Å². The fourth-order valence-corrected chi connectivity index (χ4v) is 2.65. The lowest BCUT2D eigenvalue weighted by molar-refractivity contribution is 0.127. The molecule has 0 aliphatic heterocycles. The van der Waals surface area contributed by atoms with E-state index < -0.39 is 0 Å². The summed E-state index contributed by atoms with van der Waals surface area (Å²) in [7, 11) is 0. The largest absolute Gasteiger partial charge is 0.337 e. The van der Waals surface area contributed by atoms with Crippen LogP contribution in [0.4, 0.5) is 10.5 Å². The zero-order valence-electron chi connectivity index (χ0n) is 12.4. The number of hydrogen-bond donors (Lipinski definition) is 3. The molecule has 1 aromatic carbocycles. The van der Waals surface area contributed by atoms with Gasteiger partial charge in [0.15, 0.2) is 0 Å². The number of hydrogen-bond acceptors (Lipinski definition) is 2. The lowest BCUT2D eigenvalue weighted by atomic mass is 9.67. The quantitative estimate of drug-likeness (QED) is 0.771. The first-order chi connectivity index (χ1) is 9.54. The lowest BCUT2D eigenvalue weighted by Crippen LogP contribution is -2.43. The van der Waals surface area contributed by atoms with Crippen LogP contribution in [0, 0.1) is 5.41 Å². The lowest BCUT2D eigenvalue weighted by Gasteiger charge is -2.41. The van der Waals surface area contributed by atoms with Crippen molar-refractivity contribution in [2.24, 2.45) is 11.1 Å². The van der Waals surface area contributed by atoms with E-state index in [4.69, 9.17) is 5.73 Å². The number of rotatable bonds is 5. The number of carbonyl (C=O) groups excluding carboxylic acids is 1. The number of benzene rings is 1. The Morgan fingerprint density at radius 2 is 2.00 bits per heavy atom. The van der Waals surface area contributed by atoms with E-state index in [1.54, 1.807) is 0 Å². The van der Waals surface area contributed by atoms with E-state index in [0.717, 1.165) is 24.2 Å². The molecule has 1 aromatic rings. The van der Waals surface area contributed by atoms with Gasteiger partial charge in [0.2, 0.25) is 0 Å². The first-order valence-corrected chi connectivity index (χ1v) is 7.45. The number of nitrogens with one attached hydrogen (secondary N) is 2. The van der Waals surface area contributed by atoms with Crippen LogP contribution in [0.1, 0.15) is 51.1 Å². The molecule has 110 valence electrons. The highest BCUT2D eigenvalue weighted by molar-refractivity contribution is 5.89. The van der Waals surface area contributed by atoms with Gasteiger partial charge in [-0.3, -0.25) is 0 Å². The molecule has 2 rings (SSSR count). The maximum absolute atomic E-state index is 11.9. The number of amides is 2. The van der Waals surface area contributed by atoms with Crippen LogP contribution < -0.4 is 16.4 Å². The summed E-state index contributed by atoms with van der Waals surface area (Å²) in [6.45, 7) is 4.91. The van der Waals surface area contributed by atoms with E-state index >= 15 is 0 Å². The van der Waals surface area contributed by atoms with Gasteiger partial charge in [-0.2, -0.15) is 0 Å². The summed E-state index contributed by atoms with van der Waals surface area (Å²) in [5.74, 6) is 0. The standard InChI is InChI=1S/C16H25N3O/c1-3-16(9-4-10-16)11-18-15(20)19-14-7-5-13(6-8-14)12(2)17/h5-8,12H,3-4,9-11,17H2,1-2H3,(H2,18,19,20). The summed E-state index contributed by atoms with van der Waals surface area (Å²) in [5, 5.41) is 5.85. The molecule has 0 radical (unpaired) electrons. The molecule has 2 amide bonds. The highest BCUT2D eigenvalue weighted by Gasteiger charge is 2.35. The normalized spacial score (nSPS) is 17.9. The van der Waals surface area contributed by atoms with Crippen molar-refractivity contribution in [3.8, 4) is 0 Å². The fraction of sp³-hybridized carbons (Fsp3) is 0.562. The van der Waals surface area contributed by atoms with Gasteiger partial charge in [-0.1, -0.05) is 25.5 Å². The molecule has 1 unspecified atom stereocenters. The number of carbonyl (C=O) groups is 1. The van der Waals surface area contributed by atoms with E-state index in [0.29, 0.717) is 5.41 Å². The van der Waals surface area contributed by atoms with E-state index in [-0.39, 0.29) is 12.1 Å². The van der Waals surface area contributed by atoms with Crippen LogP contribution in [0.2, 0.25) is 0 Å². The van der Waals surface area contributed by atoms with E-state index in [9.17, 15) is 4.79 Å². The molecule has 20 heavy (non-hydrogen) atoms. The molecular formula is C16H25N3O. The highest BCUT2D eigenvalue weighted by Crippen LogP contribution is 2.42. The minimum absolute atomic E-state index is 0.0147. The molecule has 4 heteroatoms. The molecule has 4 nitrogen and oxygen atoms in total. The number of anilines is 1. The second-order valence-electron chi connectivity index (χ2n) is 5.93. The molecule has 4 N–H and O–H groups in total. The molecule has 0 bridgehead atoms. The van der Waals surface area contributed by atoms with Crippen LogP contribution in [0.3, 0.4) is 0 Å². The Balaban J connectivity index is 1.82. The van der Waals surface area contributed by atoms with Gasteiger partial charge in [0.25, 0.3) is 0 Å². The summed E-state index contributed by atoms with van der Waals surface area (Å²) < 4.78 is 0. The molecule has 0 aromatic heterocycles. The molecule has 0 heterocycles. The van der Waals surface area contributed by atoms with Crippen LogP contribution in [0.5, 0.6) is 0 Å². The van der Waals surface area contributed by atoms with Gasteiger partial charge in [0.1, 0.15) is 0 Å². The SMILES string of the molecule is CCC1(CNC(=O)Nc2ccc(C(C)N)cc2)CCC1. The van der Waals surface area contributed by atoms with Gasteiger partial charge < -0.3 is 16.4 Å². The van der Waals surface area contributed by atoms with Gasteiger partial charge in [-0.25, -0.2) is 4.79 Å². The third-order valence-electron chi connectivity index (χ3n) is 4.48. The topological polar surface area (TPSA) is 67.2 Å². The molecule has 1 saturated carbocycles. The maximum atomic E-state index is 11.9. The van der Waals surface area contributed by atoms with Crippen molar-refractivity contribution in [2.75, 3.05) is 11.9 Å². The molecule has 1 aliphatic carbocycles. The average molecular weight is 275 g/mol. The Morgan fingerprint density at radius 1 is 1.35 bits per heavy atom. The second kappa shape index (κ2) is 6.27. The van der Waals surface area contributed by atoms with Crippen LogP contribution in [0.15, 0.2) is 24.3 Å². The Morgan fingerprint density at radius 3 is 2.45 bits per heavy atom. The summed E-state index contributed by atoms with van der Waals surface area (Å²) in [6.07, 6.45) is 4.88. The zero-order valence-corrected chi connectivity index (χ0v) is 12.4. The fourth-order valence-electron chi connectivity index (χ4n) is 2.65. The van der Waals surface area contributed by atoms with Crippen molar-refractivity contribution >= 4 is 11.7 Å². The van der Waals surface area contributed by atoms with E-state index in [1.165, 1.54) is 19.3 Å². The van der Waals surface area contributed by atoms with Gasteiger partial charge in [-0.05, 0) is 49.3 Å². The molecule has 1 fully saturated rings. The summed E-state index contributed by atoms with van der Waals surface area (Å²) in [4.78, 5) is 11.9. The summed E-state index contributed by atoms with van der Waals surface area (Å²) >= 11 is 0. The summed E-state index contributed by atoms with van der Waals surface area (Å²) in [5.41, 5.74) is 8.00. The Hall–Kier alpha value is -1.55. The first kappa shape index (κ1) is 14.9. The van der Waals surface area contributed by atoms with Crippen molar-refractivity contribution in [2.45, 2.75) is 45.6 Å². The van der Waals surface area contributed by atoms with Crippen LogP contribution in [0.25, 0.3) is 0 Å². The Kier molecular flexibility index (Phi) is 4.65. The summed E-state index contributed by atoms with van der Waals surface area (Å²) in [6, 6.07) is 7.55. The van der Waals surface area contributed by atoms with Gasteiger partial charge >= 0.3 is 6.03 Å². The Labute approximate surface area is 121 Å². The van der Waals surface area contributed by atoms with Crippen LogP contribution in [-0.2, 0) is 0 Å². The molecule has 1 atom stereocenters. The molecule has 0 spiro atoms. The molecule has 1 aliphatic rings. The minimum atomic E-state index is -0.127. The molecule has 0 saturated heterocycles. The van der Waals surface area contributed by atoms with Gasteiger partial charge in [0, 0.05) is 18.3 Å². The highest BCUT2D eigenvalue weighted by atomic mass is 16.2. The predicted molar refractivity (Wildman–Crippen MR) is 82.6 cm³/mol. The van der Waals surface area contributed by atoms with Gasteiger partial charge in [0.05, 0.1) is 0 Å². The minimum Gasteiger partial charge on any atom is -0.337 e. The third kappa shape index (κ3) is 3.51. The number of nitrogens with two attached hydrogens (primary N) is 1. The van der Waals surface area contributed by atoms with Crippen molar-refractivity contribution in [3.63, 3.8) is 0 Å². The van der Waals surface area contributed by atoms with Crippen molar-refractivity contribution in [1.29, 1.82) is 0 Å². The second-order valence-corrected chi connectivity index (χ2v) is 5.93. The smallest absolute Gasteiger partial charge is 0.319 e.